The molecule has 0 aliphatic carbocycles. The van der Waals surface area contributed by atoms with Crippen molar-refractivity contribution in [1.82, 2.24) is 19.5 Å². The van der Waals surface area contributed by atoms with E-state index < -0.39 is 0 Å². The standard InChI is InChI=1S/C15H17N5/c16-15-17-10-13-14(19-15)20(11-18-13)9-5-4-8-12-6-2-1-3-7-12/h1-3,6-7,10-11H,4-5,8-9H2,(H2,16,17,19). The summed E-state index contributed by atoms with van der Waals surface area (Å²) in [6, 6.07) is 10.5. The van der Waals surface area contributed by atoms with Crippen LogP contribution in [-0.4, -0.2) is 19.5 Å². The minimum Gasteiger partial charge on any atom is -0.368 e. The summed E-state index contributed by atoms with van der Waals surface area (Å²) < 4.78 is 2.04. The molecule has 2 heterocycles. The first-order valence-electron chi connectivity index (χ1n) is 6.80. The zero-order valence-electron chi connectivity index (χ0n) is 11.2. The summed E-state index contributed by atoms with van der Waals surface area (Å²) in [5, 5.41) is 0. The number of nitrogen functional groups attached to an aromatic ring is 1. The van der Waals surface area contributed by atoms with Gasteiger partial charge < -0.3 is 10.3 Å². The molecule has 1 aromatic carbocycles. The van der Waals surface area contributed by atoms with Crippen LogP contribution in [0.4, 0.5) is 5.95 Å². The minimum atomic E-state index is 0.295. The Balaban J connectivity index is 1.59. The Kier molecular flexibility index (Phi) is 3.58. The third-order valence-electron chi connectivity index (χ3n) is 3.33. The van der Waals surface area contributed by atoms with Crippen molar-refractivity contribution in [3.63, 3.8) is 0 Å². The molecule has 0 aliphatic rings. The lowest BCUT2D eigenvalue weighted by Gasteiger charge is -2.04. The number of anilines is 1. The van der Waals surface area contributed by atoms with Gasteiger partial charge in [-0.2, -0.15) is 4.98 Å². The third kappa shape index (κ3) is 2.77. The maximum absolute atomic E-state index is 5.62. The van der Waals surface area contributed by atoms with Gasteiger partial charge in [-0.05, 0) is 24.8 Å². The van der Waals surface area contributed by atoms with Gasteiger partial charge in [0.1, 0.15) is 5.52 Å². The summed E-state index contributed by atoms with van der Waals surface area (Å²) >= 11 is 0. The first-order chi connectivity index (χ1) is 9.83. The number of aromatic nitrogens is 4. The number of rotatable bonds is 5. The van der Waals surface area contributed by atoms with Crippen molar-refractivity contribution in [3.05, 3.63) is 48.4 Å². The second-order valence-corrected chi connectivity index (χ2v) is 4.82. The monoisotopic (exact) mass is 267 g/mol. The zero-order chi connectivity index (χ0) is 13.8. The Hall–Kier alpha value is -2.43. The van der Waals surface area contributed by atoms with E-state index >= 15 is 0 Å². The summed E-state index contributed by atoms with van der Waals surface area (Å²) in [7, 11) is 0. The molecule has 0 aliphatic heterocycles. The molecule has 0 radical (unpaired) electrons. The van der Waals surface area contributed by atoms with Crippen LogP contribution < -0.4 is 5.73 Å². The molecule has 0 saturated carbocycles. The van der Waals surface area contributed by atoms with Crippen LogP contribution in [-0.2, 0) is 13.0 Å². The zero-order valence-corrected chi connectivity index (χ0v) is 11.2. The fourth-order valence-corrected chi connectivity index (χ4v) is 2.29. The second-order valence-electron chi connectivity index (χ2n) is 4.82. The van der Waals surface area contributed by atoms with Gasteiger partial charge in [-0.15, -0.1) is 0 Å². The third-order valence-corrected chi connectivity index (χ3v) is 3.33. The van der Waals surface area contributed by atoms with Crippen LogP contribution in [0.25, 0.3) is 11.2 Å². The molecule has 102 valence electrons. The maximum Gasteiger partial charge on any atom is 0.222 e. The number of fused-ring (bicyclic) bond motifs is 1. The van der Waals surface area contributed by atoms with Crippen LogP contribution in [0.5, 0.6) is 0 Å². The first-order valence-corrected chi connectivity index (χ1v) is 6.80. The highest BCUT2D eigenvalue weighted by atomic mass is 15.1. The van der Waals surface area contributed by atoms with E-state index in [1.54, 1.807) is 12.5 Å². The number of benzene rings is 1. The minimum absolute atomic E-state index is 0.295. The fourth-order valence-electron chi connectivity index (χ4n) is 2.29. The van der Waals surface area contributed by atoms with Gasteiger partial charge in [0.2, 0.25) is 5.95 Å². The van der Waals surface area contributed by atoms with Gasteiger partial charge in [0.15, 0.2) is 5.65 Å². The molecule has 2 N–H and O–H groups in total. The number of imidazole rings is 1. The molecule has 0 atom stereocenters. The van der Waals surface area contributed by atoms with Gasteiger partial charge in [-0.1, -0.05) is 30.3 Å². The Bertz CT molecular complexity index is 690. The summed E-state index contributed by atoms with van der Waals surface area (Å²) in [4.78, 5) is 12.5. The summed E-state index contributed by atoms with van der Waals surface area (Å²) in [6.45, 7) is 0.903. The predicted molar refractivity (Wildman–Crippen MR) is 79.1 cm³/mol. The molecular weight excluding hydrogens is 250 g/mol. The number of unbranched alkanes of at least 4 members (excludes halogenated alkanes) is 1. The van der Waals surface area contributed by atoms with Crippen molar-refractivity contribution in [1.29, 1.82) is 0 Å². The normalized spacial score (nSPS) is 11.0. The van der Waals surface area contributed by atoms with E-state index in [0.717, 1.165) is 37.0 Å². The molecule has 5 heteroatoms. The lowest BCUT2D eigenvalue weighted by molar-refractivity contribution is 0.617. The molecule has 0 bridgehead atoms. The van der Waals surface area contributed by atoms with E-state index in [9.17, 15) is 0 Å². The average Bonchev–Trinajstić information content (AvgIpc) is 2.87. The molecule has 5 nitrogen and oxygen atoms in total. The number of hydrogen-bond acceptors (Lipinski definition) is 4. The Morgan fingerprint density at radius 3 is 2.75 bits per heavy atom. The maximum atomic E-state index is 5.62. The highest BCUT2D eigenvalue weighted by molar-refractivity contribution is 5.70. The topological polar surface area (TPSA) is 69.6 Å². The fraction of sp³-hybridized carbons (Fsp3) is 0.267. The molecule has 20 heavy (non-hydrogen) atoms. The van der Waals surface area contributed by atoms with E-state index in [4.69, 9.17) is 5.73 Å². The van der Waals surface area contributed by atoms with Gasteiger partial charge in [0.05, 0.1) is 12.5 Å². The Morgan fingerprint density at radius 2 is 1.90 bits per heavy atom. The van der Waals surface area contributed by atoms with Crippen molar-refractivity contribution >= 4 is 17.1 Å². The first kappa shape index (κ1) is 12.6. The lowest BCUT2D eigenvalue weighted by Crippen LogP contribution is -2.01. The number of nitrogens with zero attached hydrogens (tertiary/aromatic N) is 4. The molecule has 3 aromatic rings. The van der Waals surface area contributed by atoms with Gasteiger partial charge in [-0.25, -0.2) is 9.97 Å². The second kappa shape index (κ2) is 5.69. The van der Waals surface area contributed by atoms with Gasteiger partial charge in [-0.3, -0.25) is 0 Å². The largest absolute Gasteiger partial charge is 0.368 e. The SMILES string of the molecule is Nc1ncc2ncn(CCCCc3ccccc3)c2n1. The Morgan fingerprint density at radius 1 is 1.05 bits per heavy atom. The molecule has 0 amide bonds. The van der Waals surface area contributed by atoms with E-state index in [-0.39, 0.29) is 0 Å². The average molecular weight is 267 g/mol. The highest BCUT2D eigenvalue weighted by Crippen LogP contribution is 2.12. The van der Waals surface area contributed by atoms with E-state index in [1.807, 2.05) is 10.6 Å². The van der Waals surface area contributed by atoms with Crippen LogP contribution in [0.2, 0.25) is 0 Å². The van der Waals surface area contributed by atoms with Crippen LogP contribution in [0.15, 0.2) is 42.9 Å². The van der Waals surface area contributed by atoms with Crippen molar-refractivity contribution in [2.75, 3.05) is 5.73 Å². The summed E-state index contributed by atoms with van der Waals surface area (Å²) in [6.07, 6.45) is 6.80. The molecule has 0 unspecified atom stereocenters. The lowest BCUT2D eigenvalue weighted by atomic mass is 10.1. The molecule has 0 spiro atoms. The van der Waals surface area contributed by atoms with Crippen LogP contribution >= 0.6 is 0 Å². The van der Waals surface area contributed by atoms with Gasteiger partial charge >= 0.3 is 0 Å². The van der Waals surface area contributed by atoms with Crippen LogP contribution in [0, 0.1) is 0 Å². The number of aryl methyl sites for hydroxylation is 2. The highest BCUT2D eigenvalue weighted by Gasteiger charge is 2.04. The Labute approximate surface area is 117 Å². The smallest absolute Gasteiger partial charge is 0.222 e. The van der Waals surface area contributed by atoms with Gasteiger partial charge in [0.25, 0.3) is 0 Å². The molecule has 2 aromatic heterocycles. The quantitative estimate of drug-likeness (QED) is 0.721. The van der Waals surface area contributed by atoms with E-state index in [0.29, 0.717) is 5.95 Å². The van der Waals surface area contributed by atoms with Crippen molar-refractivity contribution < 1.29 is 0 Å². The summed E-state index contributed by atoms with van der Waals surface area (Å²) in [5.41, 5.74) is 8.61. The molecule has 0 fully saturated rings. The summed E-state index contributed by atoms with van der Waals surface area (Å²) in [5.74, 6) is 0.295. The molecule has 0 saturated heterocycles. The van der Waals surface area contributed by atoms with Crippen molar-refractivity contribution in [3.8, 4) is 0 Å². The number of hydrogen-bond donors (Lipinski definition) is 1. The van der Waals surface area contributed by atoms with Crippen LogP contribution in [0.3, 0.4) is 0 Å². The van der Waals surface area contributed by atoms with E-state index in [1.165, 1.54) is 5.56 Å². The van der Waals surface area contributed by atoms with Crippen molar-refractivity contribution in [2.45, 2.75) is 25.8 Å². The number of nitrogens with two attached hydrogens (primary N) is 1. The molecular formula is C15H17N5. The van der Waals surface area contributed by atoms with E-state index in [2.05, 4.69) is 39.2 Å². The molecule has 3 rings (SSSR count). The van der Waals surface area contributed by atoms with Crippen molar-refractivity contribution in [2.24, 2.45) is 0 Å². The van der Waals surface area contributed by atoms with Gasteiger partial charge in [0, 0.05) is 6.54 Å². The van der Waals surface area contributed by atoms with Crippen LogP contribution in [0.1, 0.15) is 18.4 Å². The predicted octanol–water partition coefficient (Wildman–Crippen LogP) is 2.43.